The van der Waals surface area contributed by atoms with Crippen molar-refractivity contribution in [3.63, 3.8) is 0 Å². The number of ketones is 1. The van der Waals surface area contributed by atoms with Crippen LogP contribution < -0.4 is 0 Å². The van der Waals surface area contributed by atoms with Crippen molar-refractivity contribution in [2.24, 2.45) is 0 Å². The van der Waals surface area contributed by atoms with Crippen LogP contribution in [-0.2, 0) is 16.0 Å². The van der Waals surface area contributed by atoms with Crippen LogP contribution in [0.25, 0.3) is 0 Å². The summed E-state index contributed by atoms with van der Waals surface area (Å²) >= 11 is 0. The highest BCUT2D eigenvalue weighted by Gasteiger charge is 2.08. The SMILES string of the molecule is Cc1ccc(CC(=O)CCC(=O)O)c(C)c1. The maximum absolute atomic E-state index is 11.5. The summed E-state index contributed by atoms with van der Waals surface area (Å²) in [6.07, 6.45) is 0.367. The van der Waals surface area contributed by atoms with E-state index in [-0.39, 0.29) is 18.6 Å². The van der Waals surface area contributed by atoms with Crippen LogP contribution in [0, 0.1) is 13.8 Å². The third-order valence-electron chi connectivity index (χ3n) is 2.50. The summed E-state index contributed by atoms with van der Waals surface area (Å²) in [4.78, 5) is 21.8. The van der Waals surface area contributed by atoms with Gasteiger partial charge in [0.25, 0.3) is 0 Å². The van der Waals surface area contributed by atoms with Gasteiger partial charge in [-0.15, -0.1) is 0 Å². The van der Waals surface area contributed by atoms with Crippen molar-refractivity contribution in [3.8, 4) is 0 Å². The Morgan fingerprint density at radius 1 is 1.19 bits per heavy atom. The lowest BCUT2D eigenvalue weighted by atomic mass is 9.99. The van der Waals surface area contributed by atoms with E-state index in [1.165, 1.54) is 5.56 Å². The molecule has 0 atom stereocenters. The smallest absolute Gasteiger partial charge is 0.303 e. The molecule has 16 heavy (non-hydrogen) atoms. The molecule has 0 aromatic heterocycles. The first-order valence-corrected chi connectivity index (χ1v) is 5.28. The van der Waals surface area contributed by atoms with Gasteiger partial charge in [0.1, 0.15) is 5.78 Å². The Morgan fingerprint density at radius 2 is 1.88 bits per heavy atom. The highest BCUT2D eigenvalue weighted by Crippen LogP contribution is 2.12. The minimum atomic E-state index is -0.922. The fourth-order valence-electron chi connectivity index (χ4n) is 1.59. The van der Waals surface area contributed by atoms with Gasteiger partial charge in [0, 0.05) is 12.8 Å². The van der Waals surface area contributed by atoms with Crippen LogP contribution in [-0.4, -0.2) is 16.9 Å². The second kappa shape index (κ2) is 5.45. The molecular formula is C13H16O3. The summed E-state index contributed by atoms with van der Waals surface area (Å²) < 4.78 is 0. The van der Waals surface area contributed by atoms with Gasteiger partial charge >= 0.3 is 5.97 Å². The zero-order chi connectivity index (χ0) is 12.1. The Labute approximate surface area is 95.1 Å². The molecule has 0 spiro atoms. The quantitative estimate of drug-likeness (QED) is 0.828. The third-order valence-corrected chi connectivity index (χ3v) is 2.50. The molecule has 3 nitrogen and oxygen atoms in total. The van der Waals surface area contributed by atoms with Gasteiger partial charge in [-0.3, -0.25) is 9.59 Å². The predicted molar refractivity (Wildman–Crippen MR) is 61.5 cm³/mol. The van der Waals surface area contributed by atoms with Gasteiger partial charge < -0.3 is 5.11 Å². The number of carboxylic acids is 1. The number of carbonyl (C=O) groups excluding carboxylic acids is 1. The highest BCUT2D eigenvalue weighted by molar-refractivity contribution is 5.84. The molecule has 86 valence electrons. The first kappa shape index (κ1) is 12.4. The zero-order valence-electron chi connectivity index (χ0n) is 9.62. The van der Waals surface area contributed by atoms with Crippen LogP contribution in [0.15, 0.2) is 18.2 Å². The molecule has 1 rings (SSSR count). The van der Waals surface area contributed by atoms with E-state index in [1.54, 1.807) is 0 Å². The van der Waals surface area contributed by atoms with Crippen molar-refractivity contribution >= 4 is 11.8 Å². The van der Waals surface area contributed by atoms with E-state index >= 15 is 0 Å². The Kier molecular flexibility index (Phi) is 4.23. The molecule has 0 saturated heterocycles. The third kappa shape index (κ3) is 3.85. The lowest BCUT2D eigenvalue weighted by Crippen LogP contribution is -2.07. The van der Waals surface area contributed by atoms with Gasteiger partial charge in [0.15, 0.2) is 0 Å². The molecule has 0 aliphatic carbocycles. The average Bonchev–Trinajstić information content (AvgIpc) is 2.19. The normalized spacial score (nSPS) is 10.1. The van der Waals surface area contributed by atoms with E-state index in [4.69, 9.17) is 5.11 Å². The zero-order valence-corrected chi connectivity index (χ0v) is 9.62. The molecule has 0 aliphatic heterocycles. The molecule has 0 radical (unpaired) electrons. The number of rotatable bonds is 5. The fraction of sp³-hybridized carbons (Fsp3) is 0.385. The van der Waals surface area contributed by atoms with E-state index in [1.807, 2.05) is 32.0 Å². The van der Waals surface area contributed by atoms with Gasteiger partial charge in [-0.25, -0.2) is 0 Å². The molecule has 0 aliphatic rings. The van der Waals surface area contributed by atoms with E-state index in [2.05, 4.69) is 0 Å². The molecule has 0 bridgehead atoms. The molecule has 1 aromatic carbocycles. The summed E-state index contributed by atoms with van der Waals surface area (Å²) in [6, 6.07) is 5.93. The van der Waals surface area contributed by atoms with Crippen LogP contribution in [0.2, 0.25) is 0 Å². The lowest BCUT2D eigenvalue weighted by Gasteiger charge is -2.05. The first-order valence-electron chi connectivity index (χ1n) is 5.28. The molecule has 0 saturated carbocycles. The largest absolute Gasteiger partial charge is 0.481 e. The van der Waals surface area contributed by atoms with Crippen molar-refractivity contribution in [1.29, 1.82) is 0 Å². The monoisotopic (exact) mass is 220 g/mol. The second-order valence-electron chi connectivity index (χ2n) is 4.04. The standard InChI is InChI=1S/C13H16O3/c1-9-3-4-11(10(2)7-9)8-12(14)5-6-13(15)16/h3-4,7H,5-6,8H2,1-2H3,(H,15,16). The van der Waals surface area contributed by atoms with Crippen LogP contribution in [0.1, 0.15) is 29.5 Å². The minimum Gasteiger partial charge on any atom is -0.481 e. The molecular weight excluding hydrogens is 204 g/mol. The number of carboxylic acid groups (broad SMARTS) is 1. The maximum atomic E-state index is 11.5. The molecule has 1 aromatic rings. The Hall–Kier alpha value is -1.64. The minimum absolute atomic E-state index is 0.0191. The number of Topliss-reactive ketones (excluding diaryl/α,β-unsaturated/α-hetero) is 1. The van der Waals surface area contributed by atoms with E-state index in [0.29, 0.717) is 6.42 Å². The number of hydrogen-bond acceptors (Lipinski definition) is 2. The van der Waals surface area contributed by atoms with Crippen LogP contribution in [0.5, 0.6) is 0 Å². The number of aryl methyl sites for hydroxylation is 2. The topological polar surface area (TPSA) is 54.4 Å². The summed E-state index contributed by atoms with van der Waals surface area (Å²) in [5, 5.41) is 8.47. The fourth-order valence-corrected chi connectivity index (χ4v) is 1.59. The Bertz CT molecular complexity index is 408. The van der Waals surface area contributed by atoms with Crippen LogP contribution >= 0.6 is 0 Å². The summed E-state index contributed by atoms with van der Waals surface area (Å²) in [7, 11) is 0. The van der Waals surface area contributed by atoms with Crippen LogP contribution in [0.4, 0.5) is 0 Å². The maximum Gasteiger partial charge on any atom is 0.303 e. The lowest BCUT2D eigenvalue weighted by molar-refractivity contribution is -0.138. The molecule has 0 unspecified atom stereocenters. The van der Waals surface area contributed by atoms with Gasteiger partial charge in [-0.2, -0.15) is 0 Å². The Morgan fingerprint density at radius 3 is 2.44 bits per heavy atom. The average molecular weight is 220 g/mol. The van der Waals surface area contributed by atoms with E-state index < -0.39 is 5.97 Å². The molecule has 0 amide bonds. The van der Waals surface area contributed by atoms with Gasteiger partial charge in [-0.1, -0.05) is 23.8 Å². The van der Waals surface area contributed by atoms with Gasteiger partial charge in [-0.05, 0) is 25.0 Å². The van der Waals surface area contributed by atoms with Crippen molar-refractivity contribution < 1.29 is 14.7 Å². The van der Waals surface area contributed by atoms with E-state index in [0.717, 1.165) is 11.1 Å². The summed E-state index contributed by atoms with van der Waals surface area (Å²) in [5.74, 6) is -0.941. The van der Waals surface area contributed by atoms with Crippen molar-refractivity contribution in [3.05, 3.63) is 34.9 Å². The van der Waals surface area contributed by atoms with Crippen molar-refractivity contribution in [2.45, 2.75) is 33.1 Å². The molecule has 1 N–H and O–H groups in total. The van der Waals surface area contributed by atoms with Crippen molar-refractivity contribution in [1.82, 2.24) is 0 Å². The van der Waals surface area contributed by atoms with Gasteiger partial charge in [0.2, 0.25) is 0 Å². The molecule has 0 fully saturated rings. The number of carbonyl (C=O) groups is 2. The summed E-state index contributed by atoms with van der Waals surface area (Å²) in [5.41, 5.74) is 3.24. The van der Waals surface area contributed by atoms with Crippen LogP contribution in [0.3, 0.4) is 0 Å². The predicted octanol–water partition coefficient (Wildman–Crippen LogP) is 2.28. The van der Waals surface area contributed by atoms with Gasteiger partial charge in [0.05, 0.1) is 6.42 Å². The highest BCUT2D eigenvalue weighted by atomic mass is 16.4. The first-order chi connectivity index (χ1) is 7.49. The molecule has 3 heteroatoms. The molecule has 0 heterocycles. The van der Waals surface area contributed by atoms with Crippen molar-refractivity contribution in [2.75, 3.05) is 0 Å². The van der Waals surface area contributed by atoms with E-state index in [9.17, 15) is 9.59 Å². The summed E-state index contributed by atoms with van der Waals surface area (Å²) in [6.45, 7) is 3.97. The second-order valence-corrected chi connectivity index (χ2v) is 4.04. The Balaban J connectivity index is 2.59. The number of aliphatic carboxylic acids is 1. The number of benzene rings is 1. The number of hydrogen-bond donors (Lipinski definition) is 1.